The van der Waals surface area contributed by atoms with E-state index in [9.17, 15) is 4.79 Å². The van der Waals surface area contributed by atoms with E-state index in [2.05, 4.69) is 36.4 Å². The smallest absolute Gasteiger partial charge is 0.309 e. The number of aromatic nitrogens is 3. The summed E-state index contributed by atoms with van der Waals surface area (Å²) in [5, 5.41) is 10.6. The standard InChI is InChI=1S/C17H15BrN4O2/c1-11(10-12-2-4-14(18)5-3-12)20-15(23)17-22-21-16(24-17)13-6-8-19-9-7-13/h2-9,11H,10H2,1H3,(H,20,23)/t11-/m0/s1. The Morgan fingerprint density at radius 3 is 2.58 bits per heavy atom. The van der Waals surface area contributed by atoms with Crippen LogP contribution in [0.25, 0.3) is 11.5 Å². The van der Waals surface area contributed by atoms with E-state index in [0.29, 0.717) is 12.3 Å². The van der Waals surface area contributed by atoms with Gasteiger partial charge in [0.25, 0.3) is 0 Å². The normalized spacial score (nSPS) is 11.9. The van der Waals surface area contributed by atoms with Crippen LogP contribution in [-0.2, 0) is 6.42 Å². The highest BCUT2D eigenvalue weighted by Crippen LogP contribution is 2.16. The van der Waals surface area contributed by atoms with Gasteiger partial charge in [-0.05, 0) is 43.2 Å². The molecule has 1 N–H and O–H groups in total. The molecule has 0 radical (unpaired) electrons. The fourth-order valence-electron chi connectivity index (χ4n) is 2.24. The summed E-state index contributed by atoms with van der Waals surface area (Å²) in [6.45, 7) is 1.93. The number of hydrogen-bond acceptors (Lipinski definition) is 5. The molecular formula is C17H15BrN4O2. The number of rotatable bonds is 5. The van der Waals surface area contributed by atoms with Gasteiger partial charge in [-0.3, -0.25) is 9.78 Å². The van der Waals surface area contributed by atoms with Crippen molar-refractivity contribution in [3.63, 3.8) is 0 Å². The van der Waals surface area contributed by atoms with Crippen molar-refractivity contribution in [1.29, 1.82) is 0 Å². The first kappa shape index (κ1) is 16.3. The van der Waals surface area contributed by atoms with Crippen LogP contribution in [0.1, 0.15) is 23.2 Å². The molecule has 1 atom stereocenters. The quantitative estimate of drug-likeness (QED) is 0.727. The SMILES string of the molecule is C[C@@H](Cc1ccc(Br)cc1)NC(=O)c1nnc(-c2ccncc2)o1. The lowest BCUT2D eigenvalue weighted by Gasteiger charge is -2.12. The number of amides is 1. The number of carbonyl (C=O) groups excluding carboxylic acids is 1. The Hall–Kier alpha value is -2.54. The van der Waals surface area contributed by atoms with Crippen LogP contribution in [0.5, 0.6) is 0 Å². The predicted octanol–water partition coefficient (Wildman–Crippen LogP) is 3.26. The van der Waals surface area contributed by atoms with Crippen molar-refractivity contribution in [2.45, 2.75) is 19.4 Å². The number of carbonyl (C=O) groups is 1. The van der Waals surface area contributed by atoms with E-state index in [0.717, 1.165) is 15.6 Å². The Kier molecular flexibility index (Phi) is 5.00. The summed E-state index contributed by atoms with van der Waals surface area (Å²) in [5.41, 5.74) is 1.86. The lowest BCUT2D eigenvalue weighted by molar-refractivity contribution is 0.0905. The Morgan fingerprint density at radius 1 is 1.17 bits per heavy atom. The minimum atomic E-state index is -0.382. The average Bonchev–Trinajstić information content (AvgIpc) is 3.08. The minimum Gasteiger partial charge on any atom is -0.412 e. The number of nitrogens with one attached hydrogen (secondary N) is 1. The third-order valence-corrected chi connectivity index (χ3v) is 3.91. The average molecular weight is 387 g/mol. The van der Waals surface area contributed by atoms with Gasteiger partial charge in [0.15, 0.2) is 0 Å². The molecule has 0 bridgehead atoms. The van der Waals surface area contributed by atoms with E-state index in [1.165, 1.54) is 0 Å². The predicted molar refractivity (Wildman–Crippen MR) is 92.3 cm³/mol. The molecular weight excluding hydrogens is 372 g/mol. The van der Waals surface area contributed by atoms with Gasteiger partial charge in [0.05, 0.1) is 0 Å². The fourth-order valence-corrected chi connectivity index (χ4v) is 2.50. The van der Waals surface area contributed by atoms with Crippen molar-refractivity contribution >= 4 is 21.8 Å². The molecule has 0 saturated heterocycles. The van der Waals surface area contributed by atoms with Crippen LogP contribution in [0.3, 0.4) is 0 Å². The molecule has 122 valence electrons. The highest BCUT2D eigenvalue weighted by Gasteiger charge is 2.17. The van der Waals surface area contributed by atoms with E-state index < -0.39 is 0 Å². The molecule has 0 unspecified atom stereocenters. The Bertz CT molecular complexity index is 818. The van der Waals surface area contributed by atoms with Gasteiger partial charge in [-0.25, -0.2) is 0 Å². The Labute approximate surface area is 147 Å². The molecule has 0 fully saturated rings. The molecule has 24 heavy (non-hydrogen) atoms. The van der Waals surface area contributed by atoms with Gasteiger partial charge in [-0.1, -0.05) is 28.1 Å². The zero-order valence-corrected chi connectivity index (χ0v) is 14.5. The molecule has 0 aliphatic carbocycles. The number of halogens is 1. The van der Waals surface area contributed by atoms with Crippen molar-refractivity contribution in [2.24, 2.45) is 0 Å². The zero-order chi connectivity index (χ0) is 16.9. The van der Waals surface area contributed by atoms with Crippen LogP contribution in [0, 0.1) is 0 Å². The van der Waals surface area contributed by atoms with Crippen LogP contribution in [0.2, 0.25) is 0 Å². The molecule has 2 heterocycles. The van der Waals surface area contributed by atoms with Crippen molar-refractivity contribution in [1.82, 2.24) is 20.5 Å². The summed E-state index contributed by atoms with van der Waals surface area (Å²) in [5.74, 6) is -0.139. The second kappa shape index (κ2) is 7.35. The molecule has 0 aliphatic heterocycles. The van der Waals surface area contributed by atoms with Gasteiger partial charge in [0, 0.05) is 28.5 Å². The Balaban J connectivity index is 1.62. The molecule has 3 aromatic rings. The lowest BCUT2D eigenvalue weighted by Crippen LogP contribution is -2.34. The van der Waals surface area contributed by atoms with Gasteiger partial charge < -0.3 is 9.73 Å². The van der Waals surface area contributed by atoms with Crippen LogP contribution >= 0.6 is 15.9 Å². The summed E-state index contributed by atoms with van der Waals surface area (Å²) >= 11 is 3.40. The molecule has 7 heteroatoms. The number of hydrogen-bond donors (Lipinski definition) is 1. The number of benzene rings is 1. The van der Waals surface area contributed by atoms with Gasteiger partial charge in [-0.15, -0.1) is 10.2 Å². The van der Waals surface area contributed by atoms with Gasteiger partial charge >= 0.3 is 11.8 Å². The second-order valence-electron chi connectivity index (χ2n) is 5.35. The number of pyridine rings is 1. The summed E-state index contributed by atoms with van der Waals surface area (Å²) in [6, 6.07) is 11.4. The van der Waals surface area contributed by atoms with Gasteiger partial charge in [-0.2, -0.15) is 0 Å². The minimum absolute atomic E-state index is 0.0514. The molecule has 3 rings (SSSR count). The molecule has 6 nitrogen and oxygen atoms in total. The third kappa shape index (κ3) is 4.05. The molecule has 0 aliphatic rings. The highest BCUT2D eigenvalue weighted by molar-refractivity contribution is 9.10. The third-order valence-electron chi connectivity index (χ3n) is 3.38. The van der Waals surface area contributed by atoms with Crippen LogP contribution in [-0.4, -0.2) is 27.1 Å². The first-order valence-corrected chi connectivity index (χ1v) is 8.20. The van der Waals surface area contributed by atoms with E-state index in [-0.39, 0.29) is 17.8 Å². The maximum Gasteiger partial charge on any atom is 0.309 e. The molecule has 0 spiro atoms. The zero-order valence-electron chi connectivity index (χ0n) is 12.9. The van der Waals surface area contributed by atoms with Gasteiger partial charge in [0.2, 0.25) is 5.89 Å². The summed E-state index contributed by atoms with van der Waals surface area (Å²) < 4.78 is 6.46. The van der Waals surface area contributed by atoms with E-state index in [1.807, 2.05) is 31.2 Å². The topological polar surface area (TPSA) is 80.9 Å². The first-order chi connectivity index (χ1) is 11.6. The van der Waals surface area contributed by atoms with Crippen LogP contribution < -0.4 is 5.32 Å². The van der Waals surface area contributed by atoms with Gasteiger partial charge in [0.1, 0.15) is 0 Å². The Morgan fingerprint density at radius 2 is 1.88 bits per heavy atom. The van der Waals surface area contributed by atoms with E-state index in [4.69, 9.17) is 4.42 Å². The molecule has 1 aromatic carbocycles. The molecule has 0 saturated carbocycles. The van der Waals surface area contributed by atoms with Crippen LogP contribution in [0.4, 0.5) is 0 Å². The van der Waals surface area contributed by atoms with Crippen molar-refractivity contribution in [3.05, 3.63) is 64.7 Å². The monoisotopic (exact) mass is 386 g/mol. The van der Waals surface area contributed by atoms with E-state index in [1.54, 1.807) is 24.5 Å². The van der Waals surface area contributed by atoms with Crippen molar-refractivity contribution in [3.8, 4) is 11.5 Å². The molecule has 2 aromatic heterocycles. The molecule has 1 amide bonds. The maximum atomic E-state index is 12.2. The number of nitrogens with zero attached hydrogens (tertiary/aromatic N) is 3. The van der Waals surface area contributed by atoms with E-state index >= 15 is 0 Å². The first-order valence-electron chi connectivity index (χ1n) is 7.41. The summed E-state index contributed by atoms with van der Waals surface area (Å²) in [4.78, 5) is 16.1. The lowest BCUT2D eigenvalue weighted by atomic mass is 10.1. The van der Waals surface area contributed by atoms with Crippen LogP contribution in [0.15, 0.2) is 57.7 Å². The van der Waals surface area contributed by atoms with Crippen molar-refractivity contribution in [2.75, 3.05) is 0 Å². The maximum absolute atomic E-state index is 12.2. The fraction of sp³-hybridized carbons (Fsp3) is 0.176. The van der Waals surface area contributed by atoms with Crippen molar-refractivity contribution < 1.29 is 9.21 Å². The summed E-state index contributed by atoms with van der Waals surface area (Å²) in [6.07, 6.45) is 3.96. The highest BCUT2D eigenvalue weighted by atomic mass is 79.9. The summed E-state index contributed by atoms with van der Waals surface area (Å²) in [7, 11) is 0. The largest absolute Gasteiger partial charge is 0.412 e. The second-order valence-corrected chi connectivity index (χ2v) is 6.27.